The Morgan fingerprint density at radius 2 is 1.52 bits per heavy atom. The van der Waals surface area contributed by atoms with E-state index in [9.17, 15) is 14.4 Å². The molecule has 2 rings (SSSR count). The normalized spacial score (nSPS) is 11.4. The van der Waals surface area contributed by atoms with Crippen molar-refractivity contribution in [1.29, 1.82) is 0 Å². The third-order valence-electron chi connectivity index (χ3n) is 4.29. The van der Waals surface area contributed by atoms with Gasteiger partial charge >= 0.3 is 11.9 Å². The topological polar surface area (TPSA) is 81.7 Å². The summed E-state index contributed by atoms with van der Waals surface area (Å²) in [5, 5.41) is 3.01. The van der Waals surface area contributed by atoms with Gasteiger partial charge in [-0.25, -0.2) is 4.79 Å². The van der Waals surface area contributed by atoms with E-state index in [0.717, 1.165) is 11.1 Å². The van der Waals surface area contributed by atoms with E-state index < -0.39 is 17.9 Å². The Morgan fingerprint density at radius 1 is 0.931 bits per heavy atom. The van der Waals surface area contributed by atoms with Crippen LogP contribution in [0.3, 0.4) is 0 Å². The van der Waals surface area contributed by atoms with Gasteiger partial charge in [-0.2, -0.15) is 0 Å². The Kier molecular flexibility index (Phi) is 8.49. The molecule has 0 saturated heterocycles. The van der Waals surface area contributed by atoms with E-state index >= 15 is 0 Å². The van der Waals surface area contributed by atoms with Crippen LogP contribution < -0.4 is 5.32 Å². The lowest BCUT2D eigenvalue weighted by Crippen LogP contribution is -2.43. The predicted molar refractivity (Wildman–Crippen MR) is 110 cm³/mol. The van der Waals surface area contributed by atoms with Gasteiger partial charge in [0.1, 0.15) is 6.04 Å². The second-order valence-electron chi connectivity index (χ2n) is 6.24. The van der Waals surface area contributed by atoms with Crippen molar-refractivity contribution >= 4 is 41.0 Å². The highest BCUT2D eigenvalue weighted by molar-refractivity contribution is 6.39. The summed E-state index contributed by atoms with van der Waals surface area (Å²) in [6.45, 7) is 0. The Hall–Kier alpha value is -2.57. The maximum absolute atomic E-state index is 12.6. The number of ether oxygens (including phenoxy) is 2. The van der Waals surface area contributed by atoms with Crippen molar-refractivity contribution in [3.8, 4) is 0 Å². The van der Waals surface area contributed by atoms with Crippen molar-refractivity contribution in [3.63, 3.8) is 0 Å². The molecule has 0 aliphatic carbocycles. The number of carbonyl (C=O) groups is 3. The highest BCUT2D eigenvalue weighted by atomic mass is 35.5. The van der Waals surface area contributed by atoms with Gasteiger partial charge in [0, 0.05) is 12.8 Å². The van der Waals surface area contributed by atoms with E-state index in [2.05, 4.69) is 10.1 Å². The second kappa shape index (κ2) is 10.8. The first kappa shape index (κ1) is 22.7. The van der Waals surface area contributed by atoms with E-state index in [-0.39, 0.29) is 34.4 Å². The monoisotopic (exact) mass is 437 g/mol. The molecule has 0 spiro atoms. The average molecular weight is 438 g/mol. The van der Waals surface area contributed by atoms with Crippen LogP contribution in [0.25, 0.3) is 0 Å². The second-order valence-corrected chi connectivity index (χ2v) is 7.06. The zero-order chi connectivity index (χ0) is 21.4. The molecule has 0 aromatic heterocycles. The Labute approximate surface area is 179 Å². The van der Waals surface area contributed by atoms with E-state index in [4.69, 9.17) is 27.9 Å². The SMILES string of the molecule is COC(=O)CCc1ccc(CC(NC(=O)c2c(Cl)cccc2Cl)C(=O)OC)cc1. The first-order valence-electron chi connectivity index (χ1n) is 8.83. The zero-order valence-electron chi connectivity index (χ0n) is 16.0. The van der Waals surface area contributed by atoms with Gasteiger partial charge in [0.05, 0.1) is 29.8 Å². The summed E-state index contributed by atoms with van der Waals surface area (Å²) in [6, 6.07) is 11.2. The number of esters is 2. The zero-order valence-corrected chi connectivity index (χ0v) is 17.5. The quantitative estimate of drug-likeness (QED) is 0.637. The smallest absolute Gasteiger partial charge is 0.328 e. The van der Waals surface area contributed by atoms with Crippen LogP contribution >= 0.6 is 23.2 Å². The number of nitrogens with one attached hydrogen (secondary N) is 1. The van der Waals surface area contributed by atoms with Gasteiger partial charge in [0.2, 0.25) is 0 Å². The minimum atomic E-state index is -0.916. The molecule has 1 atom stereocenters. The van der Waals surface area contributed by atoms with E-state index in [1.165, 1.54) is 14.2 Å². The predicted octanol–water partition coefficient (Wildman–Crippen LogP) is 3.61. The molecule has 29 heavy (non-hydrogen) atoms. The summed E-state index contributed by atoms with van der Waals surface area (Å²) in [6.07, 6.45) is 1.06. The summed E-state index contributed by atoms with van der Waals surface area (Å²) < 4.78 is 9.44. The molecule has 0 aliphatic heterocycles. The fourth-order valence-electron chi connectivity index (χ4n) is 2.71. The number of aryl methyl sites for hydroxylation is 1. The maximum atomic E-state index is 12.6. The van der Waals surface area contributed by atoms with Crippen LogP contribution in [0.2, 0.25) is 10.0 Å². The number of benzene rings is 2. The Bertz CT molecular complexity index is 863. The molecule has 1 unspecified atom stereocenters. The minimum Gasteiger partial charge on any atom is -0.469 e. The van der Waals surface area contributed by atoms with Crippen molar-refractivity contribution in [2.24, 2.45) is 0 Å². The van der Waals surface area contributed by atoms with Gasteiger partial charge in [0.25, 0.3) is 5.91 Å². The largest absolute Gasteiger partial charge is 0.469 e. The molecule has 154 valence electrons. The van der Waals surface area contributed by atoms with Gasteiger partial charge in [-0.05, 0) is 29.7 Å². The summed E-state index contributed by atoms with van der Waals surface area (Å²) >= 11 is 12.1. The van der Waals surface area contributed by atoms with Gasteiger partial charge in [-0.15, -0.1) is 0 Å². The minimum absolute atomic E-state index is 0.0999. The van der Waals surface area contributed by atoms with Crippen LogP contribution in [-0.2, 0) is 31.9 Å². The van der Waals surface area contributed by atoms with Crippen molar-refractivity contribution in [2.45, 2.75) is 25.3 Å². The van der Waals surface area contributed by atoms with Crippen LogP contribution in [0.1, 0.15) is 27.9 Å². The standard InChI is InChI=1S/C21H21Cl2NO5/c1-28-18(25)11-10-13-6-8-14(9-7-13)12-17(21(27)29-2)24-20(26)19-15(22)4-3-5-16(19)23/h3-9,17H,10-12H2,1-2H3,(H,24,26). The summed E-state index contributed by atoms with van der Waals surface area (Å²) in [5.74, 6) is -1.43. The molecule has 1 N–H and O–H groups in total. The fraction of sp³-hybridized carbons (Fsp3) is 0.286. The molecule has 8 heteroatoms. The molecule has 1 amide bonds. The molecule has 2 aromatic rings. The van der Waals surface area contributed by atoms with E-state index in [0.29, 0.717) is 6.42 Å². The Morgan fingerprint density at radius 3 is 2.07 bits per heavy atom. The van der Waals surface area contributed by atoms with Gasteiger partial charge in [0.15, 0.2) is 0 Å². The number of amides is 1. The lowest BCUT2D eigenvalue weighted by atomic mass is 10.0. The number of hydrogen-bond donors (Lipinski definition) is 1. The van der Waals surface area contributed by atoms with Crippen LogP contribution in [-0.4, -0.2) is 38.1 Å². The molecule has 6 nitrogen and oxygen atoms in total. The van der Waals surface area contributed by atoms with Crippen LogP contribution in [0.5, 0.6) is 0 Å². The van der Waals surface area contributed by atoms with Crippen molar-refractivity contribution < 1.29 is 23.9 Å². The number of methoxy groups -OCH3 is 2. The molecular weight excluding hydrogens is 417 g/mol. The third-order valence-corrected chi connectivity index (χ3v) is 4.92. The lowest BCUT2D eigenvalue weighted by molar-refractivity contribution is -0.143. The number of carbonyl (C=O) groups excluding carboxylic acids is 3. The first-order valence-corrected chi connectivity index (χ1v) is 9.58. The summed E-state index contributed by atoms with van der Waals surface area (Å²) in [5.41, 5.74) is 1.87. The molecule has 2 aromatic carbocycles. The fourth-order valence-corrected chi connectivity index (χ4v) is 3.28. The molecule has 0 radical (unpaired) electrons. The molecule has 0 heterocycles. The van der Waals surface area contributed by atoms with Gasteiger partial charge < -0.3 is 14.8 Å². The van der Waals surface area contributed by atoms with Crippen molar-refractivity contribution in [1.82, 2.24) is 5.32 Å². The van der Waals surface area contributed by atoms with Crippen LogP contribution in [0.15, 0.2) is 42.5 Å². The molecule has 0 saturated carbocycles. The number of halogens is 2. The molecule has 0 aliphatic rings. The van der Waals surface area contributed by atoms with E-state index in [1.54, 1.807) is 18.2 Å². The third kappa shape index (κ3) is 6.48. The summed E-state index contributed by atoms with van der Waals surface area (Å²) in [4.78, 5) is 36.0. The molecule has 0 bridgehead atoms. The summed E-state index contributed by atoms with van der Waals surface area (Å²) in [7, 11) is 2.60. The van der Waals surface area contributed by atoms with Crippen LogP contribution in [0, 0.1) is 0 Å². The molecular formula is C21H21Cl2NO5. The molecule has 0 fully saturated rings. The number of hydrogen-bond acceptors (Lipinski definition) is 5. The Balaban J connectivity index is 2.10. The maximum Gasteiger partial charge on any atom is 0.328 e. The van der Waals surface area contributed by atoms with E-state index in [1.807, 2.05) is 24.3 Å². The van der Waals surface area contributed by atoms with Gasteiger partial charge in [-0.1, -0.05) is 53.5 Å². The van der Waals surface area contributed by atoms with Crippen molar-refractivity contribution in [3.05, 3.63) is 69.2 Å². The average Bonchev–Trinajstić information content (AvgIpc) is 2.71. The highest BCUT2D eigenvalue weighted by Gasteiger charge is 2.24. The first-order chi connectivity index (χ1) is 13.8. The number of rotatable bonds is 8. The highest BCUT2D eigenvalue weighted by Crippen LogP contribution is 2.24. The van der Waals surface area contributed by atoms with Gasteiger partial charge in [-0.3, -0.25) is 9.59 Å². The lowest BCUT2D eigenvalue weighted by Gasteiger charge is -2.18. The van der Waals surface area contributed by atoms with Crippen molar-refractivity contribution in [2.75, 3.05) is 14.2 Å². The van der Waals surface area contributed by atoms with Crippen LogP contribution in [0.4, 0.5) is 0 Å².